The molecule has 0 rings (SSSR count). The highest BCUT2D eigenvalue weighted by molar-refractivity contribution is 4.65. The minimum Gasteiger partial charge on any atom is -0.396 e. The predicted molar refractivity (Wildman–Crippen MR) is 67.2 cm³/mol. The molecule has 94 valence electrons. The standard InChI is InChI=1S/C12H25N3O/c1-2-3-4-5-6-7-8-9-10-12(11-16)14-15-13/h12,16H,2-11H2,1H3. The van der Waals surface area contributed by atoms with Crippen LogP contribution in [0.4, 0.5) is 0 Å². The smallest absolute Gasteiger partial charge is 0.0605 e. The van der Waals surface area contributed by atoms with Crippen LogP contribution in [-0.2, 0) is 0 Å². The Balaban J connectivity index is 3.22. The van der Waals surface area contributed by atoms with E-state index < -0.39 is 0 Å². The van der Waals surface area contributed by atoms with Crippen LogP contribution < -0.4 is 0 Å². The molecule has 0 saturated carbocycles. The van der Waals surface area contributed by atoms with E-state index in [-0.39, 0.29) is 12.6 Å². The van der Waals surface area contributed by atoms with Gasteiger partial charge in [-0.05, 0) is 12.0 Å². The number of hydrogen-bond acceptors (Lipinski definition) is 2. The second kappa shape index (κ2) is 12.3. The molecular formula is C12H25N3O. The number of aliphatic hydroxyl groups excluding tert-OH is 1. The third kappa shape index (κ3) is 9.81. The minimum atomic E-state index is -0.218. The maximum atomic E-state index is 8.89. The lowest BCUT2D eigenvalue weighted by molar-refractivity contribution is 0.257. The molecule has 0 aromatic carbocycles. The Morgan fingerprint density at radius 3 is 2.12 bits per heavy atom. The van der Waals surface area contributed by atoms with Crippen LogP contribution in [0.5, 0.6) is 0 Å². The molecule has 0 aliphatic carbocycles. The van der Waals surface area contributed by atoms with Gasteiger partial charge in [-0.1, -0.05) is 63.4 Å². The largest absolute Gasteiger partial charge is 0.396 e. The van der Waals surface area contributed by atoms with Crippen molar-refractivity contribution in [2.45, 2.75) is 70.8 Å². The second-order valence-corrected chi connectivity index (χ2v) is 4.30. The number of azide groups is 1. The zero-order valence-electron chi connectivity index (χ0n) is 10.4. The Kier molecular flexibility index (Phi) is 11.8. The summed E-state index contributed by atoms with van der Waals surface area (Å²) in [5.74, 6) is 0. The highest BCUT2D eigenvalue weighted by Crippen LogP contribution is 2.11. The highest BCUT2D eigenvalue weighted by Gasteiger charge is 2.03. The summed E-state index contributed by atoms with van der Waals surface area (Å²) in [4.78, 5) is 2.72. The molecule has 1 atom stereocenters. The molecule has 0 bridgehead atoms. The van der Waals surface area contributed by atoms with Gasteiger partial charge in [-0.25, -0.2) is 0 Å². The number of nitrogens with zero attached hydrogens (tertiary/aromatic N) is 3. The van der Waals surface area contributed by atoms with Crippen molar-refractivity contribution in [3.05, 3.63) is 10.4 Å². The fourth-order valence-electron chi connectivity index (χ4n) is 1.77. The van der Waals surface area contributed by atoms with Crippen molar-refractivity contribution in [1.29, 1.82) is 0 Å². The first-order valence-corrected chi connectivity index (χ1v) is 6.50. The number of aliphatic hydroxyl groups is 1. The fourth-order valence-corrected chi connectivity index (χ4v) is 1.77. The third-order valence-electron chi connectivity index (χ3n) is 2.82. The van der Waals surface area contributed by atoms with Crippen LogP contribution >= 0.6 is 0 Å². The van der Waals surface area contributed by atoms with Gasteiger partial charge < -0.3 is 5.11 Å². The van der Waals surface area contributed by atoms with E-state index in [1.165, 1.54) is 44.9 Å². The lowest BCUT2D eigenvalue weighted by Crippen LogP contribution is -2.08. The summed E-state index contributed by atoms with van der Waals surface area (Å²) < 4.78 is 0. The minimum absolute atomic E-state index is 0.0272. The van der Waals surface area contributed by atoms with Crippen molar-refractivity contribution >= 4 is 0 Å². The molecule has 0 aliphatic rings. The fraction of sp³-hybridized carbons (Fsp3) is 1.00. The first kappa shape index (κ1) is 15.3. The average Bonchev–Trinajstić information content (AvgIpc) is 2.31. The van der Waals surface area contributed by atoms with Crippen LogP contribution in [0.3, 0.4) is 0 Å². The Labute approximate surface area is 98.7 Å². The van der Waals surface area contributed by atoms with Gasteiger partial charge in [0.25, 0.3) is 0 Å². The maximum Gasteiger partial charge on any atom is 0.0605 e. The zero-order chi connectivity index (χ0) is 12.1. The topological polar surface area (TPSA) is 69.0 Å². The van der Waals surface area contributed by atoms with Gasteiger partial charge in [-0.2, -0.15) is 0 Å². The molecule has 0 amide bonds. The Morgan fingerprint density at radius 2 is 1.62 bits per heavy atom. The zero-order valence-corrected chi connectivity index (χ0v) is 10.4. The molecule has 0 aromatic rings. The first-order valence-electron chi connectivity index (χ1n) is 6.50. The molecule has 0 spiro atoms. The quantitative estimate of drug-likeness (QED) is 0.244. The summed E-state index contributed by atoms with van der Waals surface area (Å²) in [5, 5.41) is 12.4. The summed E-state index contributed by atoms with van der Waals surface area (Å²) in [6.45, 7) is 2.20. The molecular weight excluding hydrogens is 202 g/mol. The van der Waals surface area contributed by atoms with Gasteiger partial charge in [-0.15, -0.1) is 0 Å². The van der Waals surface area contributed by atoms with E-state index in [0.29, 0.717) is 0 Å². The van der Waals surface area contributed by atoms with E-state index in [0.717, 1.165) is 12.8 Å². The van der Waals surface area contributed by atoms with Crippen molar-refractivity contribution in [1.82, 2.24) is 0 Å². The van der Waals surface area contributed by atoms with Gasteiger partial charge in [0.2, 0.25) is 0 Å². The Bertz CT molecular complexity index is 191. The summed E-state index contributed by atoms with van der Waals surface area (Å²) in [7, 11) is 0. The van der Waals surface area contributed by atoms with E-state index in [9.17, 15) is 0 Å². The van der Waals surface area contributed by atoms with Gasteiger partial charge in [0, 0.05) is 4.91 Å². The lowest BCUT2D eigenvalue weighted by atomic mass is 10.1. The van der Waals surface area contributed by atoms with Crippen molar-refractivity contribution in [2.75, 3.05) is 6.61 Å². The van der Waals surface area contributed by atoms with E-state index in [1.54, 1.807) is 0 Å². The predicted octanol–water partition coefficient (Wildman–Crippen LogP) is 4.19. The molecule has 16 heavy (non-hydrogen) atoms. The molecule has 0 heterocycles. The SMILES string of the molecule is CCCCCCCCCCC(CO)N=[N+]=[N-]. The van der Waals surface area contributed by atoms with Crippen molar-refractivity contribution in [3.8, 4) is 0 Å². The number of unbranched alkanes of at least 4 members (excludes halogenated alkanes) is 7. The molecule has 0 saturated heterocycles. The van der Waals surface area contributed by atoms with Gasteiger partial charge in [0.1, 0.15) is 0 Å². The van der Waals surface area contributed by atoms with Crippen LogP contribution in [-0.4, -0.2) is 17.8 Å². The third-order valence-corrected chi connectivity index (χ3v) is 2.82. The van der Waals surface area contributed by atoms with Crippen LogP contribution in [0.1, 0.15) is 64.7 Å². The van der Waals surface area contributed by atoms with Gasteiger partial charge in [0.15, 0.2) is 0 Å². The molecule has 1 N–H and O–H groups in total. The van der Waals surface area contributed by atoms with Crippen LogP contribution in [0, 0.1) is 0 Å². The van der Waals surface area contributed by atoms with Gasteiger partial charge >= 0.3 is 0 Å². The van der Waals surface area contributed by atoms with Crippen LogP contribution in [0.2, 0.25) is 0 Å². The van der Waals surface area contributed by atoms with Crippen molar-refractivity contribution in [2.24, 2.45) is 5.11 Å². The number of hydrogen-bond donors (Lipinski definition) is 1. The summed E-state index contributed by atoms with van der Waals surface area (Å²) >= 11 is 0. The first-order chi connectivity index (χ1) is 7.85. The molecule has 0 radical (unpaired) electrons. The van der Waals surface area contributed by atoms with Crippen molar-refractivity contribution < 1.29 is 5.11 Å². The lowest BCUT2D eigenvalue weighted by Gasteiger charge is -2.06. The normalized spacial score (nSPS) is 12.1. The van der Waals surface area contributed by atoms with E-state index in [4.69, 9.17) is 10.6 Å². The summed E-state index contributed by atoms with van der Waals surface area (Å²) in [6.07, 6.45) is 11.0. The molecule has 4 heteroatoms. The Hall–Kier alpha value is -0.730. The second-order valence-electron chi connectivity index (χ2n) is 4.30. The summed E-state index contributed by atoms with van der Waals surface area (Å²) in [5.41, 5.74) is 8.24. The monoisotopic (exact) mass is 227 g/mol. The average molecular weight is 227 g/mol. The van der Waals surface area contributed by atoms with Crippen LogP contribution in [0.15, 0.2) is 5.11 Å². The number of rotatable bonds is 11. The molecule has 0 aromatic heterocycles. The van der Waals surface area contributed by atoms with Crippen LogP contribution in [0.25, 0.3) is 10.4 Å². The highest BCUT2D eigenvalue weighted by atomic mass is 16.3. The van der Waals surface area contributed by atoms with Gasteiger partial charge in [-0.3, -0.25) is 0 Å². The summed E-state index contributed by atoms with van der Waals surface area (Å²) in [6, 6.07) is -0.218. The molecule has 0 aliphatic heterocycles. The van der Waals surface area contributed by atoms with Crippen molar-refractivity contribution in [3.63, 3.8) is 0 Å². The molecule has 0 fully saturated rings. The van der Waals surface area contributed by atoms with E-state index in [2.05, 4.69) is 16.9 Å². The van der Waals surface area contributed by atoms with E-state index in [1.807, 2.05) is 0 Å². The molecule has 1 unspecified atom stereocenters. The van der Waals surface area contributed by atoms with E-state index >= 15 is 0 Å². The molecule has 4 nitrogen and oxygen atoms in total. The van der Waals surface area contributed by atoms with Gasteiger partial charge in [0.05, 0.1) is 12.6 Å². The Morgan fingerprint density at radius 1 is 1.06 bits per heavy atom. The maximum absolute atomic E-state index is 8.89.